The lowest BCUT2D eigenvalue weighted by molar-refractivity contribution is 0.0557. The molecule has 2 aromatic carbocycles. The minimum atomic E-state index is -5.57. The summed E-state index contributed by atoms with van der Waals surface area (Å²) in [5.74, 6) is 1.36. The Kier molecular flexibility index (Phi) is 6.67. The largest absolute Gasteiger partial charge is 0.399 e. The van der Waals surface area contributed by atoms with Gasteiger partial charge in [-0.15, -0.1) is 0 Å². The van der Waals surface area contributed by atoms with Gasteiger partial charge in [0, 0.05) is 26.0 Å². The predicted molar refractivity (Wildman–Crippen MR) is 99.2 cm³/mol. The molecule has 2 rings (SSSR count). The van der Waals surface area contributed by atoms with Gasteiger partial charge in [-0.25, -0.2) is 0 Å². The van der Waals surface area contributed by atoms with E-state index in [1.54, 1.807) is 11.8 Å². The predicted octanol–water partition coefficient (Wildman–Crippen LogP) is 5.87. The lowest BCUT2D eigenvalue weighted by Crippen LogP contribution is -2.14. The highest BCUT2D eigenvalue weighted by molar-refractivity contribution is 9.10. The quantitative estimate of drug-likeness (QED) is 0.486. The maximum absolute atomic E-state index is 13.8. The molecule has 0 unspecified atom stereocenters. The summed E-state index contributed by atoms with van der Waals surface area (Å²) >= 11 is 7.96. The van der Waals surface area contributed by atoms with Crippen LogP contribution in [0.25, 0.3) is 0 Å². The van der Waals surface area contributed by atoms with Gasteiger partial charge in [0.25, 0.3) is 0 Å². The standard InChI is InChI=1S/C15H13Br2F2O3PS/c16-12-4-1-10(2-5-12)8-24-9-11-3-6-13(14(17)7-11)15(18,19)23(20,21)22/h1-7H,8-9H2,(H2,20,21,22). The second-order valence-corrected chi connectivity index (χ2v) is 9.42. The van der Waals surface area contributed by atoms with Gasteiger partial charge in [-0.2, -0.15) is 20.5 Å². The number of rotatable bonds is 6. The Morgan fingerprint density at radius 1 is 1.00 bits per heavy atom. The molecule has 0 aromatic heterocycles. The molecule has 0 saturated heterocycles. The van der Waals surface area contributed by atoms with Crippen molar-refractivity contribution in [3.63, 3.8) is 0 Å². The van der Waals surface area contributed by atoms with Crippen LogP contribution >= 0.6 is 51.2 Å². The van der Waals surface area contributed by atoms with E-state index in [0.717, 1.165) is 27.4 Å². The second-order valence-electron chi connectivity index (χ2n) is 5.02. The molecular formula is C15H13Br2F2O3PS. The van der Waals surface area contributed by atoms with Crippen LogP contribution in [0.1, 0.15) is 16.7 Å². The highest BCUT2D eigenvalue weighted by Gasteiger charge is 2.51. The van der Waals surface area contributed by atoms with Crippen molar-refractivity contribution in [2.75, 3.05) is 0 Å². The summed E-state index contributed by atoms with van der Waals surface area (Å²) in [6.07, 6.45) is 0. The average molecular weight is 502 g/mol. The van der Waals surface area contributed by atoms with Crippen molar-refractivity contribution in [3.8, 4) is 0 Å². The molecule has 0 saturated carbocycles. The number of hydrogen-bond donors (Lipinski definition) is 2. The van der Waals surface area contributed by atoms with Crippen molar-refractivity contribution in [2.24, 2.45) is 0 Å². The zero-order chi connectivity index (χ0) is 18.0. The van der Waals surface area contributed by atoms with Crippen LogP contribution in [0.4, 0.5) is 8.78 Å². The molecular weight excluding hydrogens is 489 g/mol. The zero-order valence-corrected chi connectivity index (χ0v) is 17.0. The maximum atomic E-state index is 13.8. The van der Waals surface area contributed by atoms with Crippen LogP contribution in [0.2, 0.25) is 0 Å². The molecule has 0 heterocycles. The van der Waals surface area contributed by atoms with E-state index >= 15 is 0 Å². The Morgan fingerprint density at radius 2 is 1.54 bits per heavy atom. The fraction of sp³-hybridized carbons (Fsp3) is 0.200. The first-order chi connectivity index (χ1) is 11.1. The third-order valence-electron chi connectivity index (χ3n) is 3.17. The highest BCUT2D eigenvalue weighted by atomic mass is 79.9. The molecule has 0 bridgehead atoms. The summed E-state index contributed by atoms with van der Waals surface area (Å²) in [4.78, 5) is 17.6. The Hall–Kier alpha value is -0.240. The van der Waals surface area contributed by atoms with E-state index in [4.69, 9.17) is 9.79 Å². The monoisotopic (exact) mass is 500 g/mol. The van der Waals surface area contributed by atoms with E-state index in [2.05, 4.69) is 31.9 Å². The molecule has 9 heteroatoms. The summed E-state index contributed by atoms with van der Waals surface area (Å²) < 4.78 is 39.5. The zero-order valence-electron chi connectivity index (χ0n) is 12.1. The summed E-state index contributed by atoms with van der Waals surface area (Å²) in [6, 6.07) is 11.9. The van der Waals surface area contributed by atoms with E-state index in [1.807, 2.05) is 24.3 Å². The van der Waals surface area contributed by atoms with Crippen molar-refractivity contribution < 1.29 is 23.1 Å². The summed E-state index contributed by atoms with van der Waals surface area (Å²) in [5, 5.41) is 0. The van der Waals surface area contributed by atoms with E-state index in [-0.39, 0.29) is 4.47 Å². The van der Waals surface area contributed by atoms with Crippen LogP contribution in [0, 0.1) is 0 Å². The van der Waals surface area contributed by atoms with E-state index in [9.17, 15) is 13.3 Å². The van der Waals surface area contributed by atoms with Gasteiger partial charge in [-0.05, 0) is 29.3 Å². The van der Waals surface area contributed by atoms with E-state index in [1.165, 1.54) is 12.1 Å². The minimum Gasteiger partial charge on any atom is -0.320 e. The third-order valence-corrected chi connectivity index (χ3v) is 6.41. The number of benzene rings is 2. The first kappa shape index (κ1) is 20.1. The highest BCUT2D eigenvalue weighted by Crippen LogP contribution is 2.60. The molecule has 0 radical (unpaired) electrons. The Morgan fingerprint density at radius 3 is 2.08 bits per heavy atom. The van der Waals surface area contributed by atoms with Gasteiger partial charge >= 0.3 is 13.3 Å². The van der Waals surface area contributed by atoms with Crippen molar-refractivity contribution >= 4 is 51.2 Å². The van der Waals surface area contributed by atoms with Crippen molar-refractivity contribution in [3.05, 3.63) is 68.1 Å². The number of thioether (sulfide) groups is 1. The Bertz CT molecular complexity index is 766. The van der Waals surface area contributed by atoms with Crippen LogP contribution in [0.3, 0.4) is 0 Å². The topological polar surface area (TPSA) is 57.5 Å². The maximum Gasteiger partial charge on any atom is 0.399 e. The third kappa shape index (κ3) is 4.90. The second kappa shape index (κ2) is 7.98. The summed E-state index contributed by atoms with van der Waals surface area (Å²) in [7, 11) is -5.57. The number of halogens is 4. The molecule has 0 atom stereocenters. The van der Waals surface area contributed by atoms with Gasteiger partial charge in [0.05, 0.1) is 0 Å². The first-order valence-electron chi connectivity index (χ1n) is 6.66. The molecule has 24 heavy (non-hydrogen) atoms. The Balaban J connectivity index is 2.04. The summed E-state index contributed by atoms with van der Waals surface area (Å²) in [5.41, 5.74) is -2.99. The van der Waals surface area contributed by atoms with Crippen LogP contribution in [-0.2, 0) is 21.7 Å². The molecule has 2 aromatic rings. The molecule has 0 aliphatic heterocycles. The summed E-state index contributed by atoms with van der Waals surface area (Å²) in [6.45, 7) is 0. The number of hydrogen-bond acceptors (Lipinski definition) is 2. The van der Waals surface area contributed by atoms with Crippen molar-refractivity contribution in [1.29, 1.82) is 0 Å². The molecule has 130 valence electrons. The molecule has 0 aliphatic carbocycles. The van der Waals surface area contributed by atoms with Gasteiger partial charge in [0.2, 0.25) is 0 Å². The Labute approximate surface area is 159 Å². The van der Waals surface area contributed by atoms with Gasteiger partial charge in [0.15, 0.2) is 0 Å². The lowest BCUT2D eigenvalue weighted by Gasteiger charge is -2.19. The smallest absolute Gasteiger partial charge is 0.320 e. The molecule has 0 aliphatic rings. The fourth-order valence-corrected chi connectivity index (χ4v) is 4.46. The van der Waals surface area contributed by atoms with Gasteiger partial charge in [-0.1, -0.05) is 56.1 Å². The molecule has 0 amide bonds. The SMILES string of the molecule is O=P(O)(O)C(F)(F)c1ccc(CSCc2ccc(Br)cc2)cc1Br. The van der Waals surface area contributed by atoms with Gasteiger partial charge in [0.1, 0.15) is 0 Å². The minimum absolute atomic E-state index is 0.0161. The van der Waals surface area contributed by atoms with E-state index < -0.39 is 18.8 Å². The lowest BCUT2D eigenvalue weighted by atomic mass is 10.1. The average Bonchev–Trinajstić information content (AvgIpc) is 2.48. The van der Waals surface area contributed by atoms with Crippen LogP contribution in [-0.4, -0.2) is 9.79 Å². The number of alkyl halides is 2. The fourth-order valence-electron chi connectivity index (χ4n) is 1.92. The van der Waals surface area contributed by atoms with Crippen molar-refractivity contribution in [1.82, 2.24) is 0 Å². The van der Waals surface area contributed by atoms with Gasteiger partial charge in [-0.3, -0.25) is 4.57 Å². The van der Waals surface area contributed by atoms with E-state index in [0.29, 0.717) is 5.75 Å². The normalized spacial score (nSPS) is 12.4. The molecule has 2 N–H and O–H groups in total. The molecule has 0 spiro atoms. The van der Waals surface area contributed by atoms with Crippen molar-refractivity contribution in [2.45, 2.75) is 17.2 Å². The van der Waals surface area contributed by atoms with Crippen LogP contribution in [0.5, 0.6) is 0 Å². The molecule has 0 fully saturated rings. The first-order valence-corrected chi connectivity index (χ1v) is 11.0. The van der Waals surface area contributed by atoms with Crippen LogP contribution in [0.15, 0.2) is 51.4 Å². The van der Waals surface area contributed by atoms with Gasteiger partial charge < -0.3 is 9.79 Å². The van der Waals surface area contributed by atoms with Crippen LogP contribution < -0.4 is 0 Å². The molecule has 3 nitrogen and oxygen atoms in total.